The highest BCUT2D eigenvalue weighted by atomic mass is 19.2. The van der Waals surface area contributed by atoms with Crippen molar-refractivity contribution in [2.45, 2.75) is 32.1 Å². The number of hydrogen-bond acceptors (Lipinski definition) is 5. The Balaban J connectivity index is 1.56. The van der Waals surface area contributed by atoms with E-state index in [0.29, 0.717) is 29.6 Å². The smallest absolute Gasteiger partial charge is 0.257 e. The summed E-state index contributed by atoms with van der Waals surface area (Å²) in [7, 11) is 0. The Morgan fingerprint density at radius 2 is 2.00 bits per heavy atom. The first-order valence-corrected chi connectivity index (χ1v) is 10.4. The van der Waals surface area contributed by atoms with Gasteiger partial charge in [0.1, 0.15) is 12.1 Å². The van der Waals surface area contributed by atoms with Gasteiger partial charge in [0.2, 0.25) is 0 Å². The molecule has 0 saturated heterocycles. The quantitative estimate of drug-likeness (QED) is 0.436. The Morgan fingerprint density at radius 1 is 1.10 bits per heavy atom. The highest BCUT2D eigenvalue weighted by Crippen LogP contribution is 2.38. The van der Waals surface area contributed by atoms with Gasteiger partial charge in [0.25, 0.3) is 5.78 Å². The zero-order valence-corrected chi connectivity index (χ0v) is 16.6. The summed E-state index contributed by atoms with van der Waals surface area (Å²) in [6, 6.07) is 2.64. The lowest BCUT2D eigenvalue weighted by atomic mass is 9.86. The average molecular weight is 416 g/mol. The molecule has 1 aromatic carbocycles. The predicted octanol–water partition coefficient (Wildman–Crippen LogP) is 4.19. The molecule has 6 rings (SSSR count). The van der Waals surface area contributed by atoms with Gasteiger partial charge in [-0.05, 0) is 43.4 Å². The van der Waals surface area contributed by atoms with Crippen molar-refractivity contribution in [1.29, 1.82) is 0 Å². The SMILES string of the molecule is Fc1ccc2c(c(N3CCCc4c(C#CC5CCC5)cncc43)nc3nncn32)c1F. The second-order valence-electron chi connectivity index (χ2n) is 8.03. The van der Waals surface area contributed by atoms with Gasteiger partial charge >= 0.3 is 0 Å². The molecule has 4 aromatic rings. The number of anilines is 2. The molecule has 1 aliphatic carbocycles. The monoisotopic (exact) mass is 416 g/mol. The van der Waals surface area contributed by atoms with Crippen molar-refractivity contribution in [2.24, 2.45) is 5.92 Å². The van der Waals surface area contributed by atoms with Gasteiger partial charge in [0, 0.05) is 24.2 Å². The zero-order chi connectivity index (χ0) is 20.9. The molecule has 0 bridgehead atoms. The molecular formula is C23H18F2N6. The molecule has 31 heavy (non-hydrogen) atoms. The molecule has 1 saturated carbocycles. The van der Waals surface area contributed by atoms with Crippen LogP contribution in [0.3, 0.4) is 0 Å². The number of fused-ring (bicyclic) bond motifs is 4. The van der Waals surface area contributed by atoms with Gasteiger partial charge in [0.15, 0.2) is 11.6 Å². The van der Waals surface area contributed by atoms with Gasteiger partial charge in [-0.25, -0.2) is 8.78 Å². The summed E-state index contributed by atoms with van der Waals surface area (Å²) in [5.74, 6) is 5.92. The van der Waals surface area contributed by atoms with Gasteiger partial charge in [0.05, 0.1) is 22.8 Å². The first-order chi connectivity index (χ1) is 15.2. The molecule has 0 amide bonds. The van der Waals surface area contributed by atoms with Gasteiger partial charge in [-0.15, -0.1) is 10.2 Å². The molecule has 0 unspecified atom stereocenters. The Hall–Kier alpha value is -3.60. The standard InChI is InChI=1S/C23H18F2N6/c24-17-8-9-18-20(21(17)25)22(28-23-29-27-13-31(18)23)30-10-2-5-16-15(11-26-12-19(16)30)7-6-14-3-1-4-14/h8-9,11-14H,1-5,10H2. The van der Waals surface area contributed by atoms with E-state index >= 15 is 4.39 Å². The molecular weight excluding hydrogens is 398 g/mol. The van der Waals surface area contributed by atoms with Crippen LogP contribution < -0.4 is 4.90 Å². The number of aromatic nitrogens is 5. The first kappa shape index (κ1) is 18.2. The van der Waals surface area contributed by atoms with Gasteiger partial charge in [-0.1, -0.05) is 18.3 Å². The van der Waals surface area contributed by atoms with E-state index in [1.165, 1.54) is 18.8 Å². The van der Waals surface area contributed by atoms with Crippen LogP contribution in [-0.4, -0.2) is 31.1 Å². The van der Waals surface area contributed by atoms with Crippen molar-refractivity contribution in [3.63, 3.8) is 0 Å². The van der Waals surface area contributed by atoms with Crippen LogP contribution in [-0.2, 0) is 6.42 Å². The molecule has 3 aromatic heterocycles. The normalized spacial score (nSPS) is 16.1. The minimum atomic E-state index is -0.934. The van der Waals surface area contributed by atoms with Crippen molar-refractivity contribution in [2.75, 3.05) is 11.4 Å². The molecule has 0 spiro atoms. The van der Waals surface area contributed by atoms with Crippen LogP contribution in [0.5, 0.6) is 0 Å². The summed E-state index contributed by atoms with van der Waals surface area (Å²) >= 11 is 0. The first-order valence-electron chi connectivity index (χ1n) is 10.4. The number of hydrogen-bond donors (Lipinski definition) is 0. The van der Waals surface area contributed by atoms with Gasteiger partial charge in [-0.3, -0.25) is 9.38 Å². The summed E-state index contributed by atoms with van der Waals surface area (Å²) in [6.07, 6.45) is 10.2. The third-order valence-corrected chi connectivity index (χ3v) is 6.20. The second-order valence-corrected chi connectivity index (χ2v) is 8.03. The van der Waals surface area contributed by atoms with E-state index in [9.17, 15) is 4.39 Å². The molecule has 8 heteroatoms. The van der Waals surface area contributed by atoms with Crippen molar-refractivity contribution in [3.8, 4) is 11.8 Å². The third kappa shape index (κ3) is 2.84. The van der Waals surface area contributed by atoms with E-state index in [1.54, 1.807) is 16.8 Å². The van der Waals surface area contributed by atoms with E-state index < -0.39 is 11.6 Å². The topological polar surface area (TPSA) is 59.2 Å². The molecule has 0 radical (unpaired) electrons. The molecule has 1 fully saturated rings. The van der Waals surface area contributed by atoms with Gasteiger partial charge < -0.3 is 4.90 Å². The maximum atomic E-state index is 15.0. The average Bonchev–Trinajstić information content (AvgIpc) is 3.23. The number of pyridine rings is 1. The van der Waals surface area contributed by atoms with Crippen LogP contribution in [0, 0.1) is 29.4 Å². The van der Waals surface area contributed by atoms with Crippen LogP contribution >= 0.6 is 0 Å². The van der Waals surface area contributed by atoms with E-state index in [0.717, 1.165) is 48.6 Å². The minimum absolute atomic E-state index is 0.103. The van der Waals surface area contributed by atoms with E-state index in [4.69, 9.17) is 0 Å². The Kier molecular flexibility index (Phi) is 4.10. The molecule has 0 atom stereocenters. The van der Waals surface area contributed by atoms with Crippen LogP contribution in [0.15, 0.2) is 30.9 Å². The fraction of sp³-hybridized carbons (Fsp3) is 0.304. The van der Waals surface area contributed by atoms with Crippen molar-refractivity contribution < 1.29 is 8.78 Å². The zero-order valence-electron chi connectivity index (χ0n) is 16.6. The molecule has 1 aliphatic heterocycles. The molecule has 4 heterocycles. The summed E-state index contributed by atoms with van der Waals surface area (Å²) in [6.45, 7) is 0.608. The Labute approximate surface area is 176 Å². The lowest BCUT2D eigenvalue weighted by Crippen LogP contribution is -2.27. The van der Waals surface area contributed by atoms with E-state index in [1.807, 2.05) is 4.90 Å². The molecule has 0 N–H and O–H groups in total. The van der Waals surface area contributed by atoms with E-state index in [-0.39, 0.29) is 5.39 Å². The summed E-state index contributed by atoms with van der Waals surface area (Å²) in [4.78, 5) is 10.9. The minimum Gasteiger partial charge on any atom is -0.324 e. The molecule has 2 aliphatic rings. The molecule has 6 nitrogen and oxygen atoms in total. The highest BCUT2D eigenvalue weighted by molar-refractivity contribution is 5.94. The van der Waals surface area contributed by atoms with Crippen LogP contribution in [0.25, 0.3) is 16.7 Å². The number of rotatable bonds is 1. The lowest BCUT2D eigenvalue weighted by molar-refractivity contribution is 0.401. The number of halogens is 2. The van der Waals surface area contributed by atoms with Crippen LogP contribution in [0.1, 0.15) is 36.8 Å². The fourth-order valence-corrected chi connectivity index (χ4v) is 4.34. The number of benzene rings is 1. The third-order valence-electron chi connectivity index (χ3n) is 6.20. The maximum Gasteiger partial charge on any atom is 0.257 e. The van der Waals surface area contributed by atoms with Crippen molar-refractivity contribution in [3.05, 3.63) is 53.6 Å². The Bertz CT molecular complexity index is 1400. The van der Waals surface area contributed by atoms with Crippen molar-refractivity contribution in [1.82, 2.24) is 24.6 Å². The Morgan fingerprint density at radius 3 is 2.84 bits per heavy atom. The van der Waals surface area contributed by atoms with Gasteiger partial charge in [-0.2, -0.15) is 4.98 Å². The predicted molar refractivity (Wildman–Crippen MR) is 112 cm³/mol. The summed E-state index contributed by atoms with van der Waals surface area (Å²) in [5, 5.41) is 8.03. The fourth-order valence-electron chi connectivity index (χ4n) is 4.34. The van der Waals surface area contributed by atoms with Crippen molar-refractivity contribution >= 4 is 28.2 Å². The van der Waals surface area contributed by atoms with Crippen LogP contribution in [0.2, 0.25) is 0 Å². The summed E-state index contributed by atoms with van der Waals surface area (Å²) < 4.78 is 30.8. The lowest BCUT2D eigenvalue weighted by Gasteiger charge is -2.31. The second kappa shape index (κ2) is 6.98. The largest absolute Gasteiger partial charge is 0.324 e. The summed E-state index contributed by atoms with van der Waals surface area (Å²) in [5.41, 5.74) is 3.26. The van der Waals surface area contributed by atoms with E-state index in [2.05, 4.69) is 32.0 Å². The van der Waals surface area contributed by atoms with Crippen LogP contribution in [0.4, 0.5) is 20.3 Å². The number of nitrogens with zero attached hydrogens (tertiary/aromatic N) is 6. The maximum absolute atomic E-state index is 15.0. The highest BCUT2D eigenvalue weighted by Gasteiger charge is 2.27. The molecule has 154 valence electrons.